The fourth-order valence-corrected chi connectivity index (χ4v) is 1.46. The maximum Gasteiger partial charge on any atom is 0.127 e. The standard InChI is InChI=1S/C11H14ClFO/c1-11(2,14)7-6-8-9(12)4-3-5-10(8)13/h3-5,14H,6-7H2,1-2H3. The Balaban J connectivity index is 2.77. The van der Waals surface area contributed by atoms with Gasteiger partial charge in [0.05, 0.1) is 5.60 Å². The third-order valence-electron chi connectivity index (χ3n) is 2.05. The molecule has 0 saturated heterocycles. The fourth-order valence-electron chi connectivity index (χ4n) is 1.20. The lowest BCUT2D eigenvalue weighted by molar-refractivity contribution is 0.0712. The molecule has 0 saturated carbocycles. The molecule has 1 aromatic carbocycles. The van der Waals surface area contributed by atoms with Crippen LogP contribution in [-0.2, 0) is 6.42 Å². The molecule has 0 aliphatic rings. The highest BCUT2D eigenvalue weighted by Gasteiger charge is 2.15. The molecule has 0 aromatic heterocycles. The molecule has 0 spiro atoms. The van der Waals surface area contributed by atoms with Gasteiger partial charge in [0.25, 0.3) is 0 Å². The van der Waals surface area contributed by atoms with Gasteiger partial charge >= 0.3 is 0 Å². The van der Waals surface area contributed by atoms with Crippen molar-refractivity contribution in [2.75, 3.05) is 0 Å². The zero-order chi connectivity index (χ0) is 10.8. The lowest BCUT2D eigenvalue weighted by Gasteiger charge is -2.17. The SMILES string of the molecule is CC(C)(O)CCc1c(F)cccc1Cl. The van der Waals surface area contributed by atoms with Gasteiger partial charge in [0, 0.05) is 10.6 Å². The smallest absolute Gasteiger partial charge is 0.127 e. The molecule has 0 aliphatic carbocycles. The molecule has 78 valence electrons. The van der Waals surface area contributed by atoms with Crippen LogP contribution in [0.5, 0.6) is 0 Å². The Bertz CT molecular complexity index is 297. The van der Waals surface area contributed by atoms with E-state index < -0.39 is 5.60 Å². The quantitative estimate of drug-likeness (QED) is 0.823. The zero-order valence-electron chi connectivity index (χ0n) is 8.35. The van der Waals surface area contributed by atoms with Gasteiger partial charge in [0.1, 0.15) is 5.82 Å². The van der Waals surface area contributed by atoms with Crippen molar-refractivity contribution < 1.29 is 9.50 Å². The first-order valence-corrected chi connectivity index (χ1v) is 4.93. The molecule has 0 amide bonds. The van der Waals surface area contributed by atoms with Gasteiger partial charge in [-0.15, -0.1) is 0 Å². The summed E-state index contributed by atoms with van der Waals surface area (Å²) in [5.41, 5.74) is -0.303. The highest BCUT2D eigenvalue weighted by Crippen LogP contribution is 2.22. The van der Waals surface area contributed by atoms with E-state index in [1.165, 1.54) is 6.07 Å². The van der Waals surface area contributed by atoms with E-state index in [1.807, 2.05) is 0 Å². The Morgan fingerprint density at radius 2 is 2.07 bits per heavy atom. The molecule has 0 radical (unpaired) electrons. The summed E-state index contributed by atoms with van der Waals surface area (Å²) < 4.78 is 13.3. The van der Waals surface area contributed by atoms with Crippen LogP contribution < -0.4 is 0 Å². The van der Waals surface area contributed by atoms with E-state index >= 15 is 0 Å². The average Bonchev–Trinajstić information content (AvgIpc) is 2.01. The van der Waals surface area contributed by atoms with Gasteiger partial charge in [-0.3, -0.25) is 0 Å². The van der Waals surface area contributed by atoms with Crippen LogP contribution in [0.25, 0.3) is 0 Å². The summed E-state index contributed by atoms with van der Waals surface area (Å²) in [6.07, 6.45) is 0.947. The molecule has 14 heavy (non-hydrogen) atoms. The highest BCUT2D eigenvalue weighted by atomic mass is 35.5. The number of hydrogen-bond donors (Lipinski definition) is 1. The van der Waals surface area contributed by atoms with E-state index in [4.69, 9.17) is 11.6 Å². The molecule has 0 unspecified atom stereocenters. The molecule has 0 bridgehead atoms. The summed E-state index contributed by atoms with van der Waals surface area (Å²) in [5, 5.41) is 9.92. The molecule has 1 N–H and O–H groups in total. The second kappa shape index (κ2) is 4.28. The van der Waals surface area contributed by atoms with Crippen molar-refractivity contribution in [1.29, 1.82) is 0 Å². The molecule has 3 heteroatoms. The maximum absolute atomic E-state index is 13.3. The van der Waals surface area contributed by atoms with Crippen LogP contribution in [0.2, 0.25) is 5.02 Å². The largest absolute Gasteiger partial charge is 0.390 e. The third kappa shape index (κ3) is 3.28. The first-order valence-electron chi connectivity index (χ1n) is 4.55. The van der Waals surface area contributed by atoms with Gasteiger partial charge in [0.15, 0.2) is 0 Å². The van der Waals surface area contributed by atoms with Crippen LogP contribution in [0.15, 0.2) is 18.2 Å². The van der Waals surface area contributed by atoms with Gasteiger partial charge < -0.3 is 5.11 Å². The van der Waals surface area contributed by atoms with Crippen molar-refractivity contribution in [2.45, 2.75) is 32.3 Å². The molecule has 0 aliphatic heterocycles. The molecule has 1 nitrogen and oxygen atoms in total. The predicted octanol–water partition coefficient (Wildman–Crippen LogP) is 3.18. The number of benzene rings is 1. The fraction of sp³-hybridized carbons (Fsp3) is 0.455. The van der Waals surface area contributed by atoms with Crippen LogP contribution in [0.3, 0.4) is 0 Å². The number of hydrogen-bond acceptors (Lipinski definition) is 1. The average molecular weight is 217 g/mol. The van der Waals surface area contributed by atoms with E-state index in [0.29, 0.717) is 23.4 Å². The number of aliphatic hydroxyl groups is 1. The van der Waals surface area contributed by atoms with E-state index in [1.54, 1.807) is 26.0 Å². The summed E-state index contributed by atoms with van der Waals surface area (Å²) in [4.78, 5) is 0. The minimum Gasteiger partial charge on any atom is -0.390 e. The zero-order valence-corrected chi connectivity index (χ0v) is 9.11. The molecule has 0 fully saturated rings. The molecule has 0 atom stereocenters. The Morgan fingerprint density at radius 3 is 2.57 bits per heavy atom. The van der Waals surface area contributed by atoms with Gasteiger partial charge in [-0.05, 0) is 38.8 Å². The summed E-state index contributed by atoms with van der Waals surface area (Å²) in [6, 6.07) is 4.61. The lowest BCUT2D eigenvalue weighted by atomic mass is 9.98. The van der Waals surface area contributed by atoms with Crippen LogP contribution in [0.4, 0.5) is 4.39 Å². The Hall–Kier alpha value is -0.600. The third-order valence-corrected chi connectivity index (χ3v) is 2.40. The van der Waals surface area contributed by atoms with Gasteiger partial charge in [-0.25, -0.2) is 4.39 Å². The van der Waals surface area contributed by atoms with Crippen molar-refractivity contribution in [3.8, 4) is 0 Å². The topological polar surface area (TPSA) is 20.2 Å². The van der Waals surface area contributed by atoms with Crippen LogP contribution in [0.1, 0.15) is 25.8 Å². The van der Waals surface area contributed by atoms with Crippen molar-refractivity contribution in [2.24, 2.45) is 0 Å². The number of rotatable bonds is 3. The van der Waals surface area contributed by atoms with Crippen LogP contribution in [-0.4, -0.2) is 10.7 Å². The Morgan fingerprint density at radius 1 is 1.43 bits per heavy atom. The summed E-state index contributed by atoms with van der Waals surface area (Å²) in [7, 11) is 0. The molecule has 1 rings (SSSR count). The van der Waals surface area contributed by atoms with E-state index in [-0.39, 0.29) is 5.82 Å². The Kier molecular flexibility index (Phi) is 3.51. The monoisotopic (exact) mass is 216 g/mol. The van der Waals surface area contributed by atoms with E-state index in [2.05, 4.69) is 0 Å². The summed E-state index contributed by atoms with van der Waals surface area (Å²) in [6.45, 7) is 3.39. The second-order valence-corrected chi connectivity index (χ2v) is 4.42. The van der Waals surface area contributed by atoms with E-state index in [9.17, 15) is 9.50 Å². The lowest BCUT2D eigenvalue weighted by Crippen LogP contribution is -2.19. The molecule has 0 heterocycles. The number of halogens is 2. The van der Waals surface area contributed by atoms with Crippen molar-refractivity contribution in [1.82, 2.24) is 0 Å². The van der Waals surface area contributed by atoms with Crippen molar-refractivity contribution >= 4 is 11.6 Å². The van der Waals surface area contributed by atoms with Crippen LogP contribution in [0, 0.1) is 5.82 Å². The normalized spacial score (nSPS) is 11.8. The Labute approximate surface area is 88.5 Å². The van der Waals surface area contributed by atoms with E-state index in [0.717, 1.165) is 0 Å². The second-order valence-electron chi connectivity index (χ2n) is 4.01. The van der Waals surface area contributed by atoms with Crippen molar-refractivity contribution in [3.05, 3.63) is 34.6 Å². The first kappa shape index (κ1) is 11.5. The molecule has 1 aromatic rings. The van der Waals surface area contributed by atoms with Crippen LogP contribution >= 0.6 is 11.6 Å². The van der Waals surface area contributed by atoms with Crippen molar-refractivity contribution in [3.63, 3.8) is 0 Å². The predicted molar refractivity (Wildman–Crippen MR) is 56.0 cm³/mol. The minimum absolute atomic E-state index is 0.304. The maximum atomic E-state index is 13.3. The summed E-state index contributed by atoms with van der Waals surface area (Å²) in [5.74, 6) is -0.304. The van der Waals surface area contributed by atoms with Gasteiger partial charge in [-0.2, -0.15) is 0 Å². The summed E-state index contributed by atoms with van der Waals surface area (Å²) >= 11 is 5.84. The molecular weight excluding hydrogens is 203 g/mol. The molecular formula is C11H14ClFO. The first-order chi connectivity index (χ1) is 6.40. The van der Waals surface area contributed by atoms with Gasteiger partial charge in [0.2, 0.25) is 0 Å². The van der Waals surface area contributed by atoms with Gasteiger partial charge in [-0.1, -0.05) is 17.7 Å². The highest BCUT2D eigenvalue weighted by molar-refractivity contribution is 6.31. The minimum atomic E-state index is -0.786.